The Hall–Kier alpha value is -4.15. The van der Waals surface area contributed by atoms with Crippen molar-refractivity contribution in [1.82, 2.24) is 5.32 Å². The van der Waals surface area contributed by atoms with E-state index in [1.807, 2.05) is 33.0 Å². The van der Waals surface area contributed by atoms with Gasteiger partial charge in [-0.15, -0.1) is 0 Å². The quantitative estimate of drug-likeness (QED) is 0.0414. The minimum atomic E-state index is -4.86. The van der Waals surface area contributed by atoms with Crippen LogP contribution in [0.25, 0.3) is 6.08 Å². The van der Waals surface area contributed by atoms with Gasteiger partial charge in [-0.25, -0.2) is 0 Å². The number of nitrogens with one attached hydrogen (secondary N) is 2. The fraction of sp³-hybridized carbons (Fsp3) is 0.611. The molecule has 0 radical (unpaired) electrons. The summed E-state index contributed by atoms with van der Waals surface area (Å²) in [5.41, 5.74) is 2.69. The molecule has 0 spiro atoms. The number of rotatable bonds is 42. The van der Waals surface area contributed by atoms with Crippen molar-refractivity contribution in [1.29, 1.82) is 0 Å². The highest BCUT2D eigenvalue weighted by molar-refractivity contribution is 6.04. The van der Waals surface area contributed by atoms with Gasteiger partial charge in [-0.3, -0.25) is 4.99 Å². The van der Waals surface area contributed by atoms with E-state index in [1.165, 1.54) is 0 Å². The molecule has 4 rings (SSSR count). The minimum Gasteiger partial charge on any atom is -0.491 e. The van der Waals surface area contributed by atoms with Crippen LogP contribution < -0.4 is 15.4 Å². The number of allylic oxidation sites excluding steroid dienone is 1. The van der Waals surface area contributed by atoms with Gasteiger partial charge in [0.15, 0.2) is 0 Å². The number of nitrogens with zero attached hydrogens (tertiary/aromatic N) is 1. The third kappa shape index (κ3) is 30.1. The van der Waals surface area contributed by atoms with Crippen molar-refractivity contribution in [2.45, 2.75) is 77.7 Å². The van der Waals surface area contributed by atoms with Crippen LogP contribution in [0.4, 0.5) is 37.7 Å². The third-order valence-electron chi connectivity index (χ3n) is 10.7. The van der Waals surface area contributed by atoms with Crippen LogP contribution in [0.1, 0.15) is 80.2 Å². The zero-order valence-electron chi connectivity index (χ0n) is 43.0. The normalized spacial score (nSPS) is 12.5. The lowest BCUT2D eigenvalue weighted by atomic mass is 10.0. The predicted molar refractivity (Wildman–Crippen MR) is 272 cm³/mol. The van der Waals surface area contributed by atoms with Crippen LogP contribution in [0.15, 0.2) is 71.7 Å². The SMILES string of the molecule is CC.CNc1ccc(/C=C/C2=Nc3ccc(OCCOCCOCCOCCCCCOCCOCCOCCOCCOCCOCCCCCNCc4cc(C(F)(F)F)cc(C(F)(F)F)c4)cc3C2)cc1. The number of hydrogen-bond donors (Lipinski definition) is 2. The molecule has 1 aliphatic heterocycles. The Balaban J connectivity index is 0.00000694. The average molecular weight is 1040 g/mol. The topological polar surface area (TPSA) is 129 Å². The second-order valence-electron chi connectivity index (χ2n) is 16.3. The van der Waals surface area contributed by atoms with Crippen LogP contribution in [-0.2, 0) is 67.9 Å². The van der Waals surface area contributed by atoms with E-state index in [9.17, 15) is 26.3 Å². The molecule has 2 N–H and O–H groups in total. The first kappa shape index (κ1) is 63.1. The number of aliphatic imine (C=N–C) groups is 1. The molecular formula is C54H79F6N3O10. The van der Waals surface area contributed by atoms with Crippen molar-refractivity contribution in [3.8, 4) is 5.75 Å². The van der Waals surface area contributed by atoms with Gasteiger partial charge in [0, 0.05) is 51.2 Å². The third-order valence-corrected chi connectivity index (χ3v) is 10.7. The van der Waals surface area contributed by atoms with Crippen molar-refractivity contribution in [2.24, 2.45) is 4.99 Å². The second kappa shape index (κ2) is 39.3. The van der Waals surface area contributed by atoms with Crippen molar-refractivity contribution in [3.05, 3.63) is 94.6 Å². The summed E-state index contributed by atoms with van der Waals surface area (Å²) in [4.78, 5) is 4.74. The van der Waals surface area contributed by atoms with Gasteiger partial charge in [-0.05, 0) is 116 Å². The molecule has 0 amide bonds. The van der Waals surface area contributed by atoms with Crippen molar-refractivity contribution < 1.29 is 73.7 Å². The molecule has 412 valence electrons. The van der Waals surface area contributed by atoms with Crippen LogP contribution >= 0.6 is 0 Å². The van der Waals surface area contributed by atoms with Gasteiger partial charge in [0.05, 0.1) is 116 Å². The average Bonchev–Trinajstić information content (AvgIpc) is 3.80. The molecule has 3 aromatic carbocycles. The van der Waals surface area contributed by atoms with Gasteiger partial charge >= 0.3 is 12.4 Å². The first-order valence-corrected chi connectivity index (χ1v) is 25.5. The van der Waals surface area contributed by atoms with Crippen molar-refractivity contribution in [3.63, 3.8) is 0 Å². The summed E-state index contributed by atoms with van der Waals surface area (Å²) in [6, 6.07) is 15.9. The van der Waals surface area contributed by atoms with E-state index in [0.717, 1.165) is 84.6 Å². The van der Waals surface area contributed by atoms with Crippen LogP contribution in [0.3, 0.4) is 0 Å². The predicted octanol–water partition coefficient (Wildman–Crippen LogP) is 10.8. The number of fused-ring (bicyclic) bond motifs is 1. The molecule has 19 heteroatoms. The van der Waals surface area contributed by atoms with E-state index in [0.29, 0.717) is 138 Å². The fourth-order valence-corrected chi connectivity index (χ4v) is 6.87. The summed E-state index contributed by atoms with van der Waals surface area (Å²) in [6.07, 6.45) is 0.435. The van der Waals surface area contributed by atoms with E-state index < -0.39 is 23.5 Å². The maximum Gasteiger partial charge on any atom is 0.416 e. The molecule has 0 aliphatic carbocycles. The van der Waals surface area contributed by atoms with Crippen molar-refractivity contribution in [2.75, 3.05) is 144 Å². The first-order chi connectivity index (χ1) is 35.5. The lowest BCUT2D eigenvalue weighted by Gasteiger charge is -2.14. The molecule has 13 nitrogen and oxygen atoms in total. The lowest BCUT2D eigenvalue weighted by Crippen LogP contribution is -2.17. The molecule has 0 bridgehead atoms. The maximum absolute atomic E-state index is 13.0. The summed E-state index contributed by atoms with van der Waals surface area (Å²) in [6.45, 7) is 13.9. The molecule has 0 saturated carbocycles. The highest BCUT2D eigenvalue weighted by atomic mass is 19.4. The summed E-state index contributed by atoms with van der Waals surface area (Å²) in [7, 11) is 1.91. The van der Waals surface area contributed by atoms with Crippen LogP contribution in [0.5, 0.6) is 5.75 Å². The van der Waals surface area contributed by atoms with E-state index >= 15 is 0 Å². The zero-order chi connectivity index (χ0) is 52.7. The Labute approximate surface area is 428 Å². The van der Waals surface area contributed by atoms with Gasteiger partial charge in [-0.2, -0.15) is 26.3 Å². The fourth-order valence-electron chi connectivity index (χ4n) is 6.87. The van der Waals surface area contributed by atoms with Gasteiger partial charge < -0.3 is 58.0 Å². The zero-order valence-corrected chi connectivity index (χ0v) is 43.0. The van der Waals surface area contributed by atoms with E-state index in [2.05, 4.69) is 53.1 Å². The second-order valence-corrected chi connectivity index (χ2v) is 16.3. The summed E-state index contributed by atoms with van der Waals surface area (Å²) < 4.78 is 134. The number of hydrogen-bond acceptors (Lipinski definition) is 13. The molecule has 1 aliphatic rings. The van der Waals surface area contributed by atoms with Crippen LogP contribution in [0.2, 0.25) is 0 Å². The van der Waals surface area contributed by atoms with Crippen molar-refractivity contribution >= 4 is 23.2 Å². The number of alkyl halides is 6. The Morgan fingerprint density at radius 2 is 0.932 bits per heavy atom. The number of unbranched alkanes of at least 4 members (excludes halogenated alkanes) is 4. The van der Waals surface area contributed by atoms with Gasteiger partial charge in [0.25, 0.3) is 0 Å². The Morgan fingerprint density at radius 1 is 0.493 bits per heavy atom. The number of benzene rings is 3. The monoisotopic (exact) mass is 1040 g/mol. The molecule has 1 heterocycles. The van der Waals surface area contributed by atoms with Crippen LogP contribution in [-0.4, -0.2) is 145 Å². The number of halogens is 6. The molecule has 0 fully saturated rings. The molecular weight excluding hydrogens is 965 g/mol. The molecule has 3 aromatic rings. The molecule has 0 atom stereocenters. The Kier molecular flexibility index (Phi) is 34.0. The Morgan fingerprint density at radius 3 is 1.38 bits per heavy atom. The minimum absolute atomic E-state index is 0.0677. The lowest BCUT2D eigenvalue weighted by molar-refractivity contribution is -0.143. The van der Waals surface area contributed by atoms with Gasteiger partial charge in [0.1, 0.15) is 12.4 Å². The highest BCUT2D eigenvalue weighted by Gasteiger charge is 2.36. The van der Waals surface area contributed by atoms with Gasteiger partial charge in [0.2, 0.25) is 0 Å². The van der Waals surface area contributed by atoms with E-state index in [1.54, 1.807) is 0 Å². The number of ether oxygens (including phenoxy) is 10. The molecule has 0 unspecified atom stereocenters. The Bertz CT molecular complexity index is 1890. The maximum atomic E-state index is 13.0. The van der Waals surface area contributed by atoms with E-state index in [4.69, 9.17) is 52.4 Å². The highest BCUT2D eigenvalue weighted by Crippen LogP contribution is 2.36. The molecule has 0 saturated heterocycles. The largest absolute Gasteiger partial charge is 0.491 e. The molecule has 0 aromatic heterocycles. The first-order valence-electron chi connectivity index (χ1n) is 25.5. The standard InChI is InChI=1S/C52H73F6N3O10.C2H6/c1-59-47-11-8-42(9-12-47)10-13-48-38-44-39-49(14-15-50(44)61-48)71-35-34-70-33-32-67-25-22-64-19-7-3-6-18-63-21-24-66-27-29-69-31-30-68-28-26-65-23-20-62-17-5-2-4-16-60-41-43-36-45(51(53,54)55)40-46(37-43)52(56,57)58;1-2/h8-15,36-37,39-40,59-60H,2-7,16-35,38,41H2,1H3;1-2H3/b13-10+;. The molecule has 73 heavy (non-hydrogen) atoms. The van der Waals surface area contributed by atoms with Crippen LogP contribution in [0, 0.1) is 0 Å². The summed E-state index contributed by atoms with van der Waals surface area (Å²) >= 11 is 0. The van der Waals surface area contributed by atoms with E-state index in [-0.39, 0.29) is 18.2 Å². The summed E-state index contributed by atoms with van der Waals surface area (Å²) in [5.74, 6) is 0.813. The smallest absolute Gasteiger partial charge is 0.416 e. The summed E-state index contributed by atoms with van der Waals surface area (Å²) in [5, 5.41) is 6.04. The van der Waals surface area contributed by atoms with Gasteiger partial charge in [-0.1, -0.05) is 32.1 Å². The number of anilines is 1.